The van der Waals surface area contributed by atoms with Crippen molar-refractivity contribution in [2.75, 3.05) is 33.2 Å². The first kappa shape index (κ1) is 19.9. The highest BCUT2D eigenvalue weighted by atomic mass is 15.2. The van der Waals surface area contributed by atoms with E-state index in [0.29, 0.717) is 11.7 Å². The fourth-order valence-electron chi connectivity index (χ4n) is 3.35. The minimum Gasteiger partial charge on any atom is -0.384 e. The molecule has 0 radical (unpaired) electrons. The SMILES string of the molecule is CC(C)C(C=N)=CC(N)=NC1=CC=C2NC=C(N3CCCN(C)CC3)C=C2N1. The Morgan fingerprint density at radius 3 is 2.79 bits per heavy atom. The number of dihydropyridines is 2. The summed E-state index contributed by atoms with van der Waals surface area (Å²) < 4.78 is 0. The lowest BCUT2D eigenvalue weighted by molar-refractivity contribution is 0.328. The molecule has 0 aliphatic carbocycles. The zero-order valence-electron chi connectivity index (χ0n) is 17.0. The molecule has 1 saturated heterocycles. The maximum absolute atomic E-state index is 7.50. The molecule has 150 valence electrons. The molecule has 0 aromatic carbocycles. The predicted octanol–water partition coefficient (Wildman–Crippen LogP) is 1.87. The van der Waals surface area contributed by atoms with Crippen LogP contribution in [0.4, 0.5) is 0 Å². The quantitative estimate of drug-likeness (QED) is 0.431. The number of nitrogens with one attached hydrogen (secondary N) is 3. The van der Waals surface area contributed by atoms with E-state index in [1.165, 1.54) is 11.9 Å². The number of nitrogens with zero attached hydrogens (tertiary/aromatic N) is 3. The fraction of sp³-hybridized carbons (Fsp3) is 0.429. The van der Waals surface area contributed by atoms with E-state index in [1.54, 1.807) is 6.08 Å². The van der Waals surface area contributed by atoms with Crippen molar-refractivity contribution < 1.29 is 0 Å². The Morgan fingerprint density at radius 1 is 1.21 bits per heavy atom. The third kappa shape index (κ3) is 4.92. The molecule has 0 bridgehead atoms. The number of allylic oxidation sites excluding steroid dienone is 4. The summed E-state index contributed by atoms with van der Waals surface area (Å²) in [7, 11) is 2.18. The highest BCUT2D eigenvalue weighted by Gasteiger charge is 2.20. The third-order valence-electron chi connectivity index (χ3n) is 5.11. The molecule has 7 heteroatoms. The van der Waals surface area contributed by atoms with Gasteiger partial charge in [-0.05, 0) is 55.8 Å². The molecule has 0 amide bonds. The molecule has 3 aliphatic heterocycles. The molecular formula is C21H31N7. The average Bonchev–Trinajstić information content (AvgIpc) is 2.89. The summed E-state index contributed by atoms with van der Waals surface area (Å²) in [4.78, 5) is 9.26. The molecule has 0 atom stereocenters. The van der Waals surface area contributed by atoms with Gasteiger partial charge in [0.2, 0.25) is 0 Å². The van der Waals surface area contributed by atoms with Crippen LogP contribution in [0.15, 0.2) is 64.0 Å². The molecule has 0 aromatic heterocycles. The summed E-state index contributed by atoms with van der Waals surface area (Å²) in [6, 6.07) is 0. The van der Waals surface area contributed by atoms with Gasteiger partial charge in [0.05, 0.1) is 17.1 Å². The van der Waals surface area contributed by atoms with Crippen molar-refractivity contribution in [2.45, 2.75) is 20.3 Å². The van der Waals surface area contributed by atoms with Gasteiger partial charge in [-0.3, -0.25) is 0 Å². The molecule has 0 aromatic rings. The van der Waals surface area contributed by atoms with E-state index in [0.717, 1.165) is 49.6 Å². The Kier molecular flexibility index (Phi) is 6.36. The molecule has 3 aliphatic rings. The highest BCUT2D eigenvalue weighted by molar-refractivity contribution is 5.97. The van der Waals surface area contributed by atoms with Crippen molar-refractivity contribution in [1.29, 1.82) is 5.41 Å². The highest BCUT2D eigenvalue weighted by Crippen LogP contribution is 2.22. The Hall–Kier alpha value is -2.80. The number of fused-ring (bicyclic) bond motifs is 1. The van der Waals surface area contributed by atoms with Crippen molar-refractivity contribution in [2.24, 2.45) is 16.6 Å². The molecule has 3 heterocycles. The van der Waals surface area contributed by atoms with Gasteiger partial charge in [-0.15, -0.1) is 0 Å². The van der Waals surface area contributed by atoms with Crippen LogP contribution in [0.1, 0.15) is 20.3 Å². The lowest BCUT2D eigenvalue weighted by Crippen LogP contribution is -2.33. The second kappa shape index (κ2) is 8.93. The van der Waals surface area contributed by atoms with Gasteiger partial charge in [0.25, 0.3) is 0 Å². The van der Waals surface area contributed by atoms with E-state index >= 15 is 0 Å². The Bertz CT molecular complexity index is 796. The lowest BCUT2D eigenvalue weighted by Gasteiger charge is -2.29. The van der Waals surface area contributed by atoms with Crippen molar-refractivity contribution >= 4 is 12.1 Å². The first-order valence-electron chi connectivity index (χ1n) is 9.84. The molecule has 0 spiro atoms. The van der Waals surface area contributed by atoms with Gasteiger partial charge in [0.1, 0.15) is 11.7 Å². The third-order valence-corrected chi connectivity index (χ3v) is 5.11. The van der Waals surface area contributed by atoms with Crippen molar-refractivity contribution in [1.82, 2.24) is 20.4 Å². The average molecular weight is 382 g/mol. The van der Waals surface area contributed by atoms with Crippen molar-refractivity contribution in [3.8, 4) is 0 Å². The number of likely N-dealkylation sites (N-methyl/N-ethyl adjacent to an activating group) is 1. The lowest BCUT2D eigenvalue weighted by atomic mass is 10.0. The molecule has 0 unspecified atom stereocenters. The topological polar surface area (TPSA) is 92.8 Å². The van der Waals surface area contributed by atoms with Crippen LogP contribution >= 0.6 is 0 Å². The van der Waals surface area contributed by atoms with Gasteiger partial charge in [-0.1, -0.05) is 13.8 Å². The number of aliphatic imine (C=N–C) groups is 1. The minimum atomic E-state index is 0.233. The molecule has 3 rings (SSSR count). The summed E-state index contributed by atoms with van der Waals surface area (Å²) in [6.07, 6.45) is 12.4. The van der Waals surface area contributed by atoms with Crippen LogP contribution < -0.4 is 16.4 Å². The minimum absolute atomic E-state index is 0.233. The van der Waals surface area contributed by atoms with Crippen LogP contribution in [-0.2, 0) is 0 Å². The molecule has 7 nitrogen and oxygen atoms in total. The number of amidine groups is 1. The van der Waals surface area contributed by atoms with Gasteiger partial charge in [0, 0.05) is 32.0 Å². The first-order chi connectivity index (χ1) is 13.5. The Labute approximate surface area is 167 Å². The summed E-state index contributed by atoms with van der Waals surface area (Å²) in [5.74, 6) is 1.31. The summed E-state index contributed by atoms with van der Waals surface area (Å²) in [5, 5.41) is 14.2. The Balaban J connectivity index is 1.73. The summed E-state index contributed by atoms with van der Waals surface area (Å²) in [5.41, 5.74) is 10.1. The van der Waals surface area contributed by atoms with Gasteiger partial charge in [0.15, 0.2) is 0 Å². The van der Waals surface area contributed by atoms with Gasteiger partial charge in [-0.2, -0.15) is 0 Å². The molecule has 0 saturated carbocycles. The van der Waals surface area contributed by atoms with Crippen LogP contribution in [0.2, 0.25) is 0 Å². The number of nitrogens with two attached hydrogens (primary N) is 1. The number of rotatable bonds is 5. The van der Waals surface area contributed by atoms with Crippen LogP contribution in [-0.4, -0.2) is 55.1 Å². The normalized spacial score (nSPS) is 21.5. The van der Waals surface area contributed by atoms with E-state index in [4.69, 9.17) is 11.1 Å². The maximum atomic E-state index is 7.50. The van der Waals surface area contributed by atoms with Gasteiger partial charge < -0.3 is 31.6 Å². The maximum Gasteiger partial charge on any atom is 0.132 e. The van der Waals surface area contributed by atoms with Crippen LogP contribution in [0.5, 0.6) is 0 Å². The largest absolute Gasteiger partial charge is 0.384 e. The summed E-state index contributed by atoms with van der Waals surface area (Å²) >= 11 is 0. The standard InChI is InChI=1S/C21H31N7/c1-15(2)16(13-22)11-20(23)26-21-6-5-18-19(25-21)12-17(14-24-18)28-8-4-7-27(3)9-10-28/h5-6,11-15,22,24-25H,4,7-10H2,1-3H3,(H2,23,26). The van der Waals surface area contributed by atoms with E-state index in [1.807, 2.05) is 26.0 Å². The van der Waals surface area contributed by atoms with Crippen molar-refractivity contribution in [3.63, 3.8) is 0 Å². The molecular weight excluding hydrogens is 350 g/mol. The van der Waals surface area contributed by atoms with E-state index in [9.17, 15) is 0 Å². The van der Waals surface area contributed by atoms with Crippen LogP contribution in [0, 0.1) is 11.3 Å². The van der Waals surface area contributed by atoms with E-state index in [-0.39, 0.29) is 5.92 Å². The smallest absolute Gasteiger partial charge is 0.132 e. The zero-order chi connectivity index (χ0) is 20.1. The van der Waals surface area contributed by atoms with Crippen LogP contribution in [0.25, 0.3) is 0 Å². The van der Waals surface area contributed by atoms with Gasteiger partial charge in [-0.25, -0.2) is 4.99 Å². The zero-order valence-corrected chi connectivity index (χ0v) is 17.0. The first-order valence-corrected chi connectivity index (χ1v) is 9.84. The Morgan fingerprint density at radius 2 is 2.04 bits per heavy atom. The molecule has 28 heavy (non-hydrogen) atoms. The van der Waals surface area contributed by atoms with Crippen molar-refractivity contribution in [3.05, 3.63) is 59.0 Å². The number of hydrogen-bond donors (Lipinski definition) is 4. The van der Waals surface area contributed by atoms with Gasteiger partial charge >= 0.3 is 0 Å². The fourth-order valence-corrected chi connectivity index (χ4v) is 3.35. The summed E-state index contributed by atoms with van der Waals surface area (Å²) in [6.45, 7) is 8.35. The second-order valence-electron chi connectivity index (χ2n) is 7.65. The van der Waals surface area contributed by atoms with E-state index < -0.39 is 0 Å². The van der Waals surface area contributed by atoms with Crippen LogP contribution in [0.3, 0.4) is 0 Å². The second-order valence-corrected chi connectivity index (χ2v) is 7.65. The number of hydrogen-bond acceptors (Lipinski definition) is 6. The molecule has 1 fully saturated rings. The molecule has 5 N–H and O–H groups in total. The predicted molar refractivity (Wildman–Crippen MR) is 116 cm³/mol. The monoisotopic (exact) mass is 381 g/mol. The van der Waals surface area contributed by atoms with E-state index in [2.05, 4.69) is 44.7 Å².